The zero-order chi connectivity index (χ0) is 12.6. The summed E-state index contributed by atoms with van der Waals surface area (Å²) in [6.45, 7) is 3.96. The predicted octanol–water partition coefficient (Wildman–Crippen LogP) is 1.17. The van der Waals surface area contributed by atoms with E-state index < -0.39 is 5.91 Å². The first kappa shape index (κ1) is 11.2. The van der Waals surface area contributed by atoms with E-state index in [4.69, 9.17) is 11.5 Å². The number of amides is 1. The quantitative estimate of drug-likeness (QED) is 0.811. The number of hydrogen-bond donors (Lipinski definition) is 2. The zero-order valence-electron chi connectivity index (χ0n) is 9.77. The van der Waals surface area contributed by atoms with Crippen LogP contribution >= 0.6 is 0 Å². The minimum absolute atomic E-state index is 0.103. The van der Waals surface area contributed by atoms with Crippen molar-refractivity contribution in [3.63, 3.8) is 0 Å². The minimum Gasteiger partial charge on any atom is -0.396 e. The lowest BCUT2D eigenvalue weighted by molar-refractivity contribution is 0.0996. The van der Waals surface area contributed by atoms with Crippen LogP contribution in [-0.4, -0.2) is 15.7 Å². The third-order valence-corrected chi connectivity index (χ3v) is 2.59. The van der Waals surface area contributed by atoms with Gasteiger partial charge in [-0.15, -0.1) is 0 Å². The summed E-state index contributed by atoms with van der Waals surface area (Å²) >= 11 is 0. The Morgan fingerprint density at radius 3 is 2.65 bits per heavy atom. The second kappa shape index (κ2) is 3.93. The van der Waals surface area contributed by atoms with Crippen molar-refractivity contribution in [2.75, 3.05) is 5.73 Å². The third kappa shape index (κ3) is 1.99. The summed E-state index contributed by atoms with van der Waals surface area (Å²) in [6, 6.07) is 5.99. The average Bonchev–Trinajstić information content (AvgIpc) is 2.64. The van der Waals surface area contributed by atoms with Crippen LogP contribution in [0.25, 0.3) is 5.69 Å². The van der Waals surface area contributed by atoms with Crippen LogP contribution in [0.1, 0.15) is 21.6 Å². The van der Waals surface area contributed by atoms with Crippen molar-refractivity contribution in [3.05, 3.63) is 41.2 Å². The number of nitrogen functional groups attached to an aromatic ring is 1. The molecule has 5 nitrogen and oxygen atoms in total. The van der Waals surface area contributed by atoms with Gasteiger partial charge in [0.05, 0.1) is 17.6 Å². The van der Waals surface area contributed by atoms with Gasteiger partial charge in [0.15, 0.2) is 5.69 Å². The maximum atomic E-state index is 11.1. The van der Waals surface area contributed by atoms with Gasteiger partial charge in [-0.25, -0.2) is 4.68 Å². The smallest absolute Gasteiger partial charge is 0.271 e. The standard InChI is InChI=1S/C12H14N4O/c1-7-3-4-8(2)10(5-7)16-6-9(13)11(15-16)12(14)17/h3-6H,13H2,1-2H3,(H2,14,17). The van der Waals surface area contributed by atoms with E-state index >= 15 is 0 Å². The number of aromatic nitrogens is 2. The van der Waals surface area contributed by atoms with Crippen LogP contribution < -0.4 is 11.5 Å². The normalized spacial score (nSPS) is 10.5. The predicted molar refractivity (Wildman–Crippen MR) is 66.0 cm³/mol. The van der Waals surface area contributed by atoms with Crippen molar-refractivity contribution in [1.29, 1.82) is 0 Å². The molecule has 5 heteroatoms. The number of anilines is 1. The number of carbonyl (C=O) groups is 1. The Bertz CT molecular complexity index is 586. The highest BCUT2D eigenvalue weighted by atomic mass is 16.1. The molecule has 1 aromatic carbocycles. The number of hydrogen-bond acceptors (Lipinski definition) is 3. The fourth-order valence-corrected chi connectivity index (χ4v) is 1.67. The summed E-state index contributed by atoms with van der Waals surface area (Å²) in [5.41, 5.74) is 14.3. The topological polar surface area (TPSA) is 86.9 Å². The van der Waals surface area contributed by atoms with Crippen LogP contribution in [0.3, 0.4) is 0 Å². The van der Waals surface area contributed by atoms with Crippen molar-refractivity contribution in [2.45, 2.75) is 13.8 Å². The number of nitrogens with zero attached hydrogens (tertiary/aromatic N) is 2. The van der Waals surface area contributed by atoms with Gasteiger partial charge in [-0.3, -0.25) is 4.79 Å². The Morgan fingerprint density at radius 2 is 2.06 bits per heavy atom. The Hall–Kier alpha value is -2.30. The van der Waals surface area contributed by atoms with E-state index in [1.165, 1.54) is 0 Å². The molecule has 17 heavy (non-hydrogen) atoms. The summed E-state index contributed by atoms with van der Waals surface area (Å²) in [5, 5.41) is 4.10. The van der Waals surface area contributed by atoms with Crippen LogP contribution in [-0.2, 0) is 0 Å². The van der Waals surface area contributed by atoms with Gasteiger partial charge in [-0.2, -0.15) is 5.10 Å². The molecule has 2 rings (SSSR count). The molecule has 0 unspecified atom stereocenters. The zero-order valence-corrected chi connectivity index (χ0v) is 9.77. The van der Waals surface area contributed by atoms with E-state index in [0.717, 1.165) is 16.8 Å². The molecule has 0 aliphatic carbocycles. The van der Waals surface area contributed by atoms with Crippen LogP contribution in [0.15, 0.2) is 24.4 Å². The molecule has 1 aromatic heterocycles. The van der Waals surface area contributed by atoms with Gasteiger partial charge in [0.25, 0.3) is 5.91 Å². The van der Waals surface area contributed by atoms with Crippen LogP contribution in [0.2, 0.25) is 0 Å². The van der Waals surface area contributed by atoms with Gasteiger partial charge in [0, 0.05) is 0 Å². The van der Waals surface area contributed by atoms with Gasteiger partial charge >= 0.3 is 0 Å². The van der Waals surface area contributed by atoms with Crippen molar-refractivity contribution < 1.29 is 4.79 Å². The first-order valence-corrected chi connectivity index (χ1v) is 5.21. The second-order valence-electron chi connectivity index (χ2n) is 4.03. The van der Waals surface area contributed by atoms with Crippen LogP contribution in [0.5, 0.6) is 0 Å². The Morgan fingerprint density at radius 1 is 1.35 bits per heavy atom. The molecule has 0 atom stereocenters. The average molecular weight is 230 g/mol. The third-order valence-electron chi connectivity index (χ3n) is 2.59. The molecule has 1 heterocycles. The van der Waals surface area contributed by atoms with Gasteiger partial charge < -0.3 is 11.5 Å². The molecular weight excluding hydrogens is 216 g/mol. The SMILES string of the molecule is Cc1ccc(C)c(-n2cc(N)c(C(N)=O)n2)c1. The lowest BCUT2D eigenvalue weighted by Gasteiger charge is -2.06. The largest absolute Gasteiger partial charge is 0.396 e. The lowest BCUT2D eigenvalue weighted by Crippen LogP contribution is -2.14. The van der Waals surface area contributed by atoms with Gasteiger partial charge in [-0.05, 0) is 31.0 Å². The van der Waals surface area contributed by atoms with Gasteiger partial charge in [0.2, 0.25) is 0 Å². The molecule has 0 aliphatic rings. The molecule has 0 saturated heterocycles. The number of carbonyl (C=O) groups excluding carboxylic acids is 1. The van der Waals surface area contributed by atoms with E-state index in [0.29, 0.717) is 5.69 Å². The Kier molecular flexibility index (Phi) is 2.59. The summed E-state index contributed by atoms with van der Waals surface area (Å²) in [5.74, 6) is -0.619. The summed E-state index contributed by atoms with van der Waals surface area (Å²) in [7, 11) is 0. The molecule has 0 saturated carbocycles. The molecule has 1 amide bonds. The highest BCUT2D eigenvalue weighted by Crippen LogP contribution is 2.18. The number of primary amides is 1. The number of nitrogens with two attached hydrogens (primary N) is 2. The van der Waals surface area contributed by atoms with Crippen molar-refractivity contribution in [3.8, 4) is 5.69 Å². The molecule has 2 aromatic rings. The molecule has 0 bridgehead atoms. The van der Waals surface area contributed by atoms with Crippen molar-refractivity contribution in [1.82, 2.24) is 9.78 Å². The summed E-state index contributed by atoms with van der Waals surface area (Å²) in [4.78, 5) is 11.1. The molecule has 0 spiro atoms. The van der Waals surface area contributed by atoms with E-state index in [1.54, 1.807) is 10.9 Å². The fraction of sp³-hybridized carbons (Fsp3) is 0.167. The minimum atomic E-state index is -0.619. The highest BCUT2D eigenvalue weighted by molar-refractivity contribution is 5.95. The Labute approximate surface area is 99.0 Å². The molecule has 4 N–H and O–H groups in total. The monoisotopic (exact) mass is 230 g/mol. The van der Waals surface area contributed by atoms with Gasteiger partial charge in [0.1, 0.15) is 0 Å². The number of benzene rings is 1. The van der Waals surface area contributed by atoms with E-state index in [2.05, 4.69) is 5.10 Å². The number of aryl methyl sites for hydroxylation is 2. The van der Waals surface area contributed by atoms with E-state index in [-0.39, 0.29) is 5.69 Å². The molecule has 0 radical (unpaired) electrons. The van der Waals surface area contributed by atoms with Crippen molar-refractivity contribution >= 4 is 11.6 Å². The lowest BCUT2D eigenvalue weighted by atomic mass is 10.1. The van der Waals surface area contributed by atoms with E-state index in [9.17, 15) is 4.79 Å². The number of rotatable bonds is 2. The Balaban J connectivity index is 2.57. The summed E-state index contributed by atoms with van der Waals surface area (Å²) in [6.07, 6.45) is 1.60. The van der Waals surface area contributed by atoms with Gasteiger partial charge in [-0.1, -0.05) is 12.1 Å². The van der Waals surface area contributed by atoms with Crippen LogP contribution in [0, 0.1) is 13.8 Å². The fourth-order valence-electron chi connectivity index (χ4n) is 1.67. The maximum absolute atomic E-state index is 11.1. The second-order valence-corrected chi connectivity index (χ2v) is 4.03. The first-order chi connectivity index (χ1) is 7.99. The van der Waals surface area contributed by atoms with Crippen LogP contribution in [0.4, 0.5) is 5.69 Å². The van der Waals surface area contributed by atoms with E-state index in [1.807, 2.05) is 32.0 Å². The van der Waals surface area contributed by atoms with Crippen molar-refractivity contribution in [2.24, 2.45) is 5.73 Å². The maximum Gasteiger partial charge on any atom is 0.271 e. The molecular formula is C12H14N4O. The molecule has 0 aliphatic heterocycles. The summed E-state index contributed by atoms with van der Waals surface area (Å²) < 4.78 is 1.58. The highest BCUT2D eigenvalue weighted by Gasteiger charge is 2.13. The molecule has 0 fully saturated rings. The first-order valence-electron chi connectivity index (χ1n) is 5.21. The molecule has 88 valence electrons.